The number of rotatable bonds is 2. The van der Waals surface area contributed by atoms with Crippen LogP contribution in [0.5, 0.6) is 0 Å². The average molecular weight is 279 g/mol. The molecule has 19 heavy (non-hydrogen) atoms. The first kappa shape index (κ1) is 13.4. The van der Waals surface area contributed by atoms with Crippen molar-refractivity contribution in [2.24, 2.45) is 5.92 Å². The topological polar surface area (TPSA) is 12.0 Å². The zero-order valence-electron chi connectivity index (χ0n) is 11.5. The van der Waals surface area contributed by atoms with Gasteiger partial charge in [-0.1, -0.05) is 19.1 Å². The maximum Gasteiger partial charge on any atom is 0.137 e. The van der Waals surface area contributed by atoms with Gasteiger partial charge in [0.15, 0.2) is 0 Å². The maximum atomic E-state index is 13.8. The predicted molar refractivity (Wildman–Crippen MR) is 79.0 cm³/mol. The quantitative estimate of drug-likeness (QED) is 0.853. The Kier molecular flexibility index (Phi) is 4.13. The van der Waals surface area contributed by atoms with Gasteiger partial charge in [0, 0.05) is 17.0 Å². The summed E-state index contributed by atoms with van der Waals surface area (Å²) in [6.45, 7) is 2.35. The highest BCUT2D eigenvalue weighted by molar-refractivity contribution is 7.99. The lowest BCUT2D eigenvalue weighted by molar-refractivity contribution is 0.283. The van der Waals surface area contributed by atoms with Crippen molar-refractivity contribution in [3.63, 3.8) is 0 Å². The van der Waals surface area contributed by atoms with Crippen LogP contribution in [0.1, 0.15) is 50.6 Å². The van der Waals surface area contributed by atoms with Crippen molar-refractivity contribution in [1.82, 2.24) is 5.32 Å². The zero-order valence-corrected chi connectivity index (χ0v) is 12.3. The molecule has 0 aromatic heterocycles. The normalized spacial score (nSPS) is 30.9. The number of hydrogen-bond acceptors (Lipinski definition) is 2. The monoisotopic (exact) mass is 279 g/mol. The van der Waals surface area contributed by atoms with Gasteiger partial charge in [-0.15, -0.1) is 11.8 Å². The van der Waals surface area contributed by atoms with Gasteiger partial charge in [-0.05, 0) is 55.4 Å². The van der Waals surface area contributed by atoms with E-state index >= 15 is 0 Å². The third kappa shape index (κ3) is 2.97. The molecular formula is C16H22FNS. The molecule has 0 amide bonds. The summed E-state index contributed by atoms with van der Waals surface area (Å²) in [5.74, 6) is 1.85. The molecule has 1 fully saturated rings. The molecule has 104 valence electrons. The van der Waals surface area contributed by atoms with Gasteiger partial charge in [0.25, 0.3) is 0 Å². The Hall–Kier alpha value is -0.540. The van der Waals surface area contributed by atoms with Crippen molar-refractivity contribution >= 4 is 11.8 Å². The molecule has 1 aromatic rings. The summed E-state index contributed by atoms with van der Waals surface area (Å²) in [5.41, 5.74) is 1.18. The zero-order chi connectivity index (χ0) is 13.2. The van der Waals surface area contributed by atoms with Gasteiger partial charge in [0.05, 0.1) is 0 Å². The standard InChI is InChI=1S/C16H22FNS/c1-11-5-7-12(8-6-11)18-15-9-10-19-16-13(15)3-2-4-14(16)17/h2-4,11-12,15,18H,5-10H2,1H3. The van der Waals surface area contributed by atoms with Crippen LogP contribution in [0.4, 0.5) is 4.39 Å². The third-order valence-corrected chi connectivity index (χ3v) is 5.64. The van der Waals surface area contributed by atoms with E-state index in [-0.39, 0.29) is 5.82 Å². The molecule has 1 atom stereocenters. The second kappa shape index (κ2) is 5.84. The Bertz CT molecular complexity index is 440. The predicted octanol–water partition coefficient (Wildman–Crippen LogP) is 4.53. The van der Waals surface area contributed by atoms with Crippen LogP contribution in [0, 0.1) is 11.7 Å². The van der Waals surface area contributed by atoms with Crippen LogP contribution in [-0.4, -0.2) is 11.8 Å². The van der Waals surface area contributed by atoms with Crippen molar-refractivity contribution in [3.8, 4) is 0 Å². The van der Waals surface area contributed by atoms with Crippen LogP contribution >= 0.6 is 11.8 Å². The molecule has 1 unspecified atom stereocenters. The number of halogens is 1. The van der Waals surface area contributed by atoms with Crippen molar-refractivity contribution in [2.75, 3.05) is 5.75 Å². The Morgan fingerprint density at radius 2 is 1.95 bits per heavy atom. The fourth-order valence-electron chi connectivity index (χ4n) is 3.27. The Morgan fingerprint density at radius 1 is 1.16 bits per heavy atom. The first-order valence-corrected chi connectivity index (χ1v) is 8.40. The number of benzene rings is 1. The van der Waals surface area contributed by atoms with Crippen molar-refractivity contribution in [2.45, 2.75) is 56.0 Å². The Morgan fingerprint density at radius 3 is 2.74 bits per heavy atom. The van der Waals surface area contributed by atoms with E-state index in [0.717, 1.165) is 23.0 Å². The molecule has 0 saturated heterocycles. The minimum Gasteiger partial charge on any atom is -0.307 e. The first-order chi connectivity index (χ1) is 9.24. The summed E-state index contributed by atoms with van der Waals surface area (Å²) in [4.78, 5) is 0.871. The second-order valence-electron chi connectivity index (χ2n) is 5.97. The maximum absolute atomic E-state index is 13.8. The minimum atomic E-state index is -0.0498. The molecule has 1 aliphatic heterocycles. The molecule has 1 aliphatic carbocycles. The average Bonchev–Trinajstić information content (AvgIpc) is 2.43. The van der Waals surface area contributed by atoms with Gasteiger partial charge < -0.3 is 5.32 Å². The highest BCUT2D eigenvalue weighted by Gasteiger charge is 2.26. The molecule has 3 rings (SSSR count). The van der Waals surface area contributed by atoms with Crippen LogP contribution in [0.2, 0.25) is 0 Å². The highest BCUT2D eigenvalue weighted by atomic mass is 32.2. The summed E-state index contributed by atoms with van der Waals surface area (Å²) < 4.78 is 13.8. The van der Waals surface area contributed by atoms with Gasteiger partial charge in [0.1, 0.15) is 5.82 Å². The molecule has 1 aromatic carbocycles. The SMILES string of the molecule is CC1CCC(NC2CCSc3c(F)cccc32)CC1. The lowest BCUT2D eigenvalue weighted by atomic mass is 9.86. The Balaban J connectivity index is 1.72. The van der Waals surface area contributed by atoms with E-state index in [1.54, 1.807) is 17.8 Å². The smallest absolute Gasteiger partial charge is 0.137 e. The summed E-state index contributed by atoms with van der Waals surface area (Å²) in [5, 5.41) is 3.78. The summed E-state index contributed by atoms with van der Waals surface area (Å²) in [6, 6.07) is 6.49. The molecule has 0 spiro atoms. The molecule has 1 N–H and O–H groups in total. The van der Waals surface area contributed by atoms with Crippen LogP contribution in [0.15, 0.2) is 23.1 Å². The Labute approximate surface area is 119 Å². The minimum absolute atomic E-state index is 0.0498. The second-order valence-corrected chi connectivity index (χ2v) is 7.08. The summed E-state index contributed by atoms with van der Waals surface area (Å²) in [6.07, 6.45) is 6.32. The molecule has 0 bridgehead atoms. The van der Waals surface area contributed by atoms with E-state index < -0.39 is 0 Å². The van der Waals surface area contributed by atoms with E-state index in [0.29, 0.717) is 12.1 Å². The van der Waals surface area contributed by atoms with Crippen molar-refractivity contribution in [3.05, 3.63) is 29.6 Å². The molecule has 1 nitrogen and oxygen atoms in total. The lowest BCUT2D eigenvalue weighted by Crippen LogP contribution is -2.37. The van der Waals surface area contributed by atoms with E-state index in [9.17, 15) is 4.39 Å². The van der Waals surface area contributed by atoms with Gasteiger partial charge in [-0.25, -0.2) is 4.39 Å². The highest BCUT2D eigenvalue weighted by Crippen LogP contribution is 2.38. The molecule has 3 heteroatoms. The van der Waals surface area contributed by atoms with Crippen LogP contribution in [0.3, 0.4) is 0 Å². The van der Waals surface area contributed by atoms with E-state index in [1.165, 1.54) is 31.2 Å². The van der Waals surface area contributed by atoms with E-state index in [2.05, 4.69) is 18.3 Å². The fourth-order valence-corrected chi connectivity index (χ4v) is 4.41. The van der Waals surface area contributed by atoms with Crippen LogP contribution in [-0.2, 0) is 0 Å². The van der Waals surface area contributed by atoms with Crippen molar-refractivity contribution < 1.29 is 4.39 Å². The number of fused-ring (bicyclic) bond motifs is 1. The number of hydrogen-bond donors (Lipinski definition) is 1. The molecule has 0 radical (unpaired) electrons. The number of nitrogens with one attached hydrogen (secondary N) is 1. The van der Waals surface area contributed by atoms with E-state index in [1.807, 2.05) is 6.07 Å². The van der Waals surface area contributed by atoms with Crippen molar-refractivity contribution in [1.29, 1.82) is 0 Å². The molecule has 2 aliphatic rings. The number of thioether (sulfide) groups is 1. The summed E-state index contributed by atoms with van der Waals surface area (Å²) in [7, 11) is 0. The van der Waals surface area contributed by atoms with Gasteiger partial charge >= 0.3 is 0 Å². The molecule has 1 saturated carbocycles. The van der Waals surface area contributed by atoms with Gasteiger partial charge in [-0.3, -0.25) is 0 Å². The lowest BCUT2D eigenvalue weighted by Gasteiger charge is -2.33. The van der Waals surface area contributed by atoms with Crippen LogP contribution in [0.25, 0.3) is 0 Å². The largest absolute Gasteiger partial charge is 0.307 e. The van der Waals surface area contributed by atoms with E-state index in [4.69, 9.17) is 0 Å². The first-order valence-electron chi connectivity index (χ1n) is 7.41. The van der Waals surface area contributed by atoms with Gasteiger partial charge in [0.2, 0.25) is 0 Å². The molecule has 1 heterocycles. The van der Waals surface area contributed by atoms with Crippen LogP contribution < -0.4 is 5.32 Å². The fraction of sp³-hybridized carbons (Fsp3) is 0.625. The summed E-state index contributed by atoms with van der Waals surface area (Å²) >= 11 is 1.67. The van der Waals surface area contributed by atoms with Gasteiger partial charge in [-0.2, -0.15) is 0 Å². The molecular weight excluding hydrogens is 257 g/mol. The third-order valence-electron chi connectivity index (χ3n) is 4.48.